The molecule has 0 radical (unpaired) electrons. The van der Waals surface area contributed by atoms with Gasteiger partial charge in [-0.3, -0.25) is 0 Å². The second-order valence-corrected chi connectivity index (χ2v) is 4.82. The molecule has 0 amide bonds. The normalized spacial score (nSPS) is 14.3. The van der Waals surface area contributed by atoms with E-state index >= 15 is 0 Å². The van der Waals surface area contributed by atoms with Gasteiger partial charge in [0.25, 0.3) is 0 Å². The van der Waals surface area contributed by atoms with Gasteiger partial charge in [-0.05, 0) is 38.0 Å². The summed E-state index contributed by atoms with van der Waals surface area (Å²) in [6.45, 7) is 8.13. The average molecular weight is 250 g/mol. The summed E-state index contributed by atoms with van der Waals surface area (Å²) in [4.78, 5) is 2.38. The topological polar surface area (TPSA) is 38.5 Å². The molecule has 0 fully saturated rings. The summed E-state index contributed by atoms with van der Waals surface area (Å²) in [5, 5.41) is 0. The van der Waals surface area contributed by atoms with Crippen LogP contribution >= 0.6 is 0 Å². The summed E-state index contributed by atoms with van der Waals surface area (Å²) in [6, 6.07) is 9.14. The highest BCUT2D eigenvalue weighted by atomic mass is 16.5. The van der Waals surface area contributed by atoms with E-state index in [1.165, 1.54) is 11.3 Å². The Morgan fingerprint density at radius 2 is 1.83 bits per heavy atom. The van der Waals surface area contributed by atoms with Gasteiger partial charge in [0.05, 0.1) is 6.61 Å². The smallest absolute Gasteiger partial charge is 0.0637 e. The number of benzene rings is 1. The van der Waals surface area contributed by atoms with E-state index in [4.69, 9.17) is 10.5 Å². The highest BCUT2D eigenvalue weighted by Crippen LogP contribution is 2.21. The molecular formula is C15H26N2O. The number of hydrogen-bond acceptors (Lipinski definition) is 3. The molecule has 1 unspecified atom stereocenters. The minimum absolute atomic E-state index is 0.0927. The van der Waals surface area contributed by atoms with E-state index < -0.39 is 0 Å². The van der Waals surface area contributed by atoms with Crippen molar-refractivity contribution in [2.45, 2.75) is 39.3 Å². The predicted octanol–water partition coefficient (Wildman–Crippen LogP) is 2.96. The molecule has 0 heterocycles. The maximum absolute atomic E-state index is 5.87. The van der Waals surface area contributed by atoms with Gasteiger partial charge in [-0.25, -0.2) is 0 Å². The Balaban J connectivity index is 2.83. The van der Waals surface area contributed by atoms with Crippen LogP contribution in [0.15, 0.2) is 24.3 Å². The number of rotatable bonds is 7. The van der Waals surface area contributed by atoms with Gasteiger partial charge >= 0.3 is 0 Å². The maximum atomic E-state index is 5.87. The highest BCUT2D eigenvalue weighted by molar-refractivity contribution is 5.48. The molecule has 1 aromatic carbocycles. The van der Waals surface area contributed by atoms with Gasteiger partial charge in [0.2, 0.25) is 0 Å². The first-order valence-corrected chi connectivity index (χ1v) is 6.71. The Kier molecular flexibility index (Phi) is 6.16. The Hall–Kier alpha value is -1.06. The van der Waals surface area contributed by atoms with Crippen LogP contribution in [0.25, 0.3) is 0 Å². The molecule has 1 aromatic rings. The quantitative estimate of drug-likeness (QED) is 0.808. The fourth-order valence-electron chi connectivity index (χ4n) is 1.98. The third-order valence-electron chi connectivity index (χ3n) is 3.41. The van der Waals surface area contributed by atoms with Crippen molar-refractivity contribution in [1.82, 2.24) is 0 Å². The van der Waals surface area contributed by atoms with E-state index in [1.54, 1.807) is 7.11 Å². The SMILES string of the molecule is CCC(C)N(CCOC)c1ccc([C@@H](C)N)cc1. The summed E-state index contributed by atoms with van der Waals surface area (Å²) >= 11 is 0. The lowest BCUT2D eigenvalue weighted by atomic mass is 10.1. The lowest BCUT2D eigenvalue weighted by Gasteiger charge is -2.30. The first-order chi connectivity index (χ1) is 8.60. The summed E-state index contributed by atoms with van der Waals surface area (Å²) < 4.78 is 5.19. The van der Waals surface area contributed by atoms with Crippen LogP contribution in [-0.4, -0.2) is 26.3 Å². The zero-order valence-corrected chi connectivity index (χ0v) is 12.0. The maximum Gasteiger partial charge on any atom is 0.0637 e. The zero-order valence-electron chi connectivity index (χ0n) is 12.0. The molecule has 3 nitrogen and oxygen atoms in total. The van der Waals surface area contributed by atoms with E-state index in [-0.39, 0.29) is 6.04 Å². The van der Waals surface area contributed by atoms with Crippen molar-refractivity contribution >= 4 is 5.69 Å². The van der Waals surface area contributed by atoms with Crippen molar-refractivity contribution in [3.05, 3.63) is 29.8 Å². The van der Waals surface area contributed by atoms with Crippen LogP contribution in [0.1, 0.15) is 38.8 Å². The number of methoxy groups -OCH3 is 1. The van der Waals surface area contributed by atoms with Gasteiger partial charge in [0.1, 0.15) is 0 Å². The van der Waals surface area contributed by atoms with E-state index in [0.717, 1.165) is 19.6 Å². The fourth-order valence-corrected chi connectivity index (χ4v) is 1.98. The third kappa shape index (κ3) is 4.00. The molecule has 0 aromatic heterocycles. The standard InChI is InChI=1S/C15H26N2O/c1-5-12(2)17(10-11-18-4)15-8-6-14(7-9-15)13(3)16/h6-9,12-13H,5,10-11,16H2,1-4H3/t12?,13-/m1/s1. The summed E-state index contributed by atoms with van der Waals surface area (Å²) in [6.07, 6.45) is 1.12. The molecule has 0 aliphatic rings. The van der Waals surface area contributed by atoms with E-state index in [1.807, 2.05) is 6.92 Å². The van der Waals surface area contributed by atoms with Crippen LogP contribution in [0, 0.1) is 0 Å². The zero-order chi connectivity index (χ0) is 13.5. The van der Waals surface area contributed by atoms with E-state index in [9.17, 15) is 0 Å². The van der Waals surface area contributed by atoms with E-state index in [0.29, 0.717) is 6.04 Å². The molecule has 2 N–H and O–H groups in total. The van der Waals surface area contributed by atoms with Crippen LogP contribution in [0.5, 0.6) is 0 Å². The first-order valence-electron chi connectivity index (χ1n) is 6.71. The van der Waals surface area contributed by atoms with Gasteiger partial charge < -0.3 is 15.4 Å². The number of anilines is 1. The van der Waals surface area contributed by atoms with Crippen LogP contribution < -0.4 is 10.6 Å². The minimum Gasteiger partial charge on any atom is -0.383 e. The van der Waals surface area contributed by atoms with Gasteiger partial charge in [0.15, 0.2) is 0 Å². The molecule has 0 saturated carbocycles. The molecule has 2 atom stereocenters. The van der Waals surface area contributed by atoms with Gasteiger partial charge in [-0.1, -0.05) is 19.1 Å². The second-order valence-electron chi connectivity index (χ2n) is 4.82. The number of nitrogens with zero attached hydrogens (tertiary/aromatic N) is 1. The lowest BCUT2D eigenvalue weighted by molar-refractivity contribution is 0.203. The Morgan fingerprint density at radius 1 is 1.22 bits per heavy atom. The Labute approximate surface area is 111 Å². The van der Waals surface area contributed by atoms with Gasteiger partial charge in [-0.2, -0.15) is 0 Å². The van der Waals surface area contributed by atoms with Crippen molar-refractivity contribution in [2.75, 3.05) is 25.2 Å². The van der Waals surface area contributed by atoms with Crippen LogP contribution in [-0.2, 0) is 4.74 Å². The molecule has 0 saturated heterocycles. The summed E-state index contributed by atoms with van der Waals surface area (Å²) in [7, 11) is 1.74. The summed E-state index contributed by atoms with van der Waals surface area (Å²) in [5.74, 6) is 0. The third-order valence-corrected chi connectivity index (χ3v) is 3.41. The van der Waals surface area contributed by atoms with Crippen molar-refractivity contribution < 1.29 is 4.74 Å². The van der Waals surface area contributed by atoms with Crippen molar-refractivity contribution in [2.24, 2.45) is 5.73 Å². The monoisotopic (exact) mass is 250 g/mol. The van der Waals surface area contributed by atoms with Gasteiger partial charge in [-0.15, -0.1) is 0 Å². The molecule has 102 valence electrons. The molecule has 0 spiro atoms. The second kappa shape index (κ2) is 7.39. The molecule has 0 aliphatic carbocycles. The van der Waals surface area contributed by atoms with Crippen LogP contribution in [0.4, 0.5) is 5.69 Å². The van der Waals surface area contributed by atoms with Gasteiger partial charge in [0, 0.05) is 31.4 Å². The van der Waals surface area contributed by atoms with E-state index in [2.05, 4.69) is 43.0 Å². The largest absolute Gasteiger partial charge is 0.383 e. The number of nitrogens with two attached hydrogens (primary N) is 1. The fraction of sp³-hybridized carbons (Fsp3) is 0.600. The van der Waals surface area contributed by atoms with Crippen molar-refractivity contribution in [3.63, 3.8) is 0 Å². The van der Waals surface area contributed by atoms with Crippen molar-refractivity contribution in [3.8, 4) is 0 Å². The Bertz CT molecular complexity index is 335. The highest BCUT2D eigenvalue weighted by Gasteiger charge is 2.12. The molecular weight excluding hydrogens is 224 g/mol. The average Bonchev–Trinajstić information content (AvgIpc) is 2.39. The number of hydrogen-bond donors (Lipinski definition) is 1. The molecule has 0 aliphatic heterocycles. The molecule has 18 heavy (non-hydrogen) atoms. The minimum atomic E-state index is 0.0927. The summed E-state index contributed by atoms with van der Waals surface area (Å²) in [5.41, 5.74) is 8.29. The predicted molar refractivity (Wildman–Crippen MR) is 78.0 cm³/mol. The Morgan fingerprint density at radius 3 is 2.28 bits per heavy atom. The molecule has 1 rings (SSSR count). The lowest BCUT2D eigenvalue weighted by Crippen LogP contribution is -2.35. The van der Waals surface area contributed by atoms with Crippen molar-refractivity contribution in [1.29, 1.82) is 0 Å². The van der Waals surface area contributed by atoms with Crippen LogP contribution in [0.2, 0.25) is 0 Å². The van der Waals surface area contributed by atoms with Crippen LogP contribution in [0.3, 0.4) is 0 Å². The number of ether oxygens (including phenoxy) is 1. The molecule has 0 bridgehead atoms. The first kappa shape index (κ1) is 15.0. The molecule has 3 heteroatoms.